The lowest BCUT2D eigenvalue weighted by molar-refractivity contribution is -0.131. The molecule has 0 saturated heterocycles. The molecule has 1 amide bonds. The molecule has 5 nitrogen and oxygen atoms in total. The van der Waals surface area contributed by atoms with Gasteiger partial charge in [-0.05, 0) is 31.7 Å². The van der Waals surface area contributed by atoms with Crippen molar-refractivity contribution in [3.05, 3.63) is 28.0 Å². The lowest BCUT2D eigenvalue weighted by Gasteiger charge is -2.14. The molecule has 0 unspecified atom stereocenters. The monoisotopic (exact) mass is 296 g/mol. The van der Waals surface area contributed by atoms with E-state index in [1.165, 1.54) is 11.3 Å². The molecule has 1 aromatic rings. The molecule has 0 atom stereocenters. The Balaban J connectivity index is 2.44. The molecule has 0 fully saturated rings. The first-order valence-electron chi connectivity index (χ1n) is 6.46. The standard InChI is InChI=1S/C14H20N2O3S/c1-3-8-15-13(17)10-16(2)9-12-5-4-11(20-12)6-7-14(18)19/h4-7H,3,8-10H2,1-2H3,(H,15,17)(H,18,19). The van der Waals surface area contributed by atoms with Crippen molar-refractivity contribution in [2.75, 3.05) is 20.1 Å². The fraction of sp³-hybridized carbons (Fsp3) is 0.429. The van der Waals surface area contributed by atoms with Gasteiger partial charge in [-0.2, -0.15) is 0 Å². The van der Waals surface area contributed by atoms with Gasteiger partial charge in [-0.25, -0.2) is 4.79 Å². The van der Waals surface area contributed by atoms with E-state index < -0.39 is 5.97 Å². The number of amides is 1. The highest BCUT2D eigenvalue weighted by molar-refractivity contribution is 7.12. The van der Waals surface area contributed by atoms with Gasteiger partial charge < -0.3 is 10.4 Å². The number of hydrogen-bond acceptors (Lipinski definition) is 4. The lowest BCUT2D eigenvalue weighted by Crippen LogP contribution is -2.35. The summed E-state index contributed by atoms with van der Waals surface area (Å²) in [6, 6.07) is 3.83. The number of carbonyl (C=O) groups excluding carboxylic acids is 1. The number of nitrogens with zero attached hydrogens (tertiary/aromatic N) is 1. The fourth-order valence-electron chi connectivity index (χ4n) is 1.61. The van der Waals surface area contributed by atoms with Gasteiger partial charge in [0.15, 0.2) is 0 Å². The van der Waals surface area contributed by atoms with Crippen LogP contribution in [0.25, 0.3) is 6.08 Å². The van der Waals surface area contributed by atoms with Gasteiger partial charge in [-0.3, -0.25) is 9.69 Å². The number of likely N-dealkylation sites (N-methyl/N-ethyl adjacent to an activating group) is 1. The summed E-state index contributed by atoms with van der Waals surface area (Å²) in [5, 5.41) is 11.4. The zero-order valence-corrected chi connectivity index (χ0v) is 12.6. The van der Waals surface area contributed by atoms with Gasteiger partial charge >= 0.3 is 5.97 Å². The first kappa shape index (κ1) is 16.4. The number of carboxylic acid groups (broad SMARTS) is 1. The Morgan fingerprint density at radius 1 is 1.45 bits per heavy atom. The molecule has 20 heavy (non-hydrogen) atoms. The molecule has 6 heteroatoms. The van der Waals surface area contributed by atoms with Crippen LogP contribution in [-0.4, -0.2) is 42.0 Å². The Morgan fingerprint density at radius 2 is 2.20 bits per heavy atom. The van der Waals surface area contributed by atoms with Crippen LogP contribution < -0.4 is 5.32 Å². The van der Waals surface area contributed by atoms with Crippen LogP contribution >= 0.6 is 11.3 Å². The van der Waals surface area contributed by atoms with Crippen LogP contribution in [0.1, 0.15) is 23.1 Å². The Hall–Kier alpha value is -1.66. The van der Waals surface area contributed by atoms with Crippen LogP contribution in [0.5, 0.6) is 0 Å². The largest absolute Gasteiger partial charge is 0.478 e. The molecule has 0 saturated carbocycles. The van der Waals surface area contributed by atoms with E-state index in [0.29, 0.717) is 19.6 Å². The Bertz CT molecular complexity index is 483. The molecule has 2 N–H and O–H groups in total. The molecular formula is C14H20N2O3S. The molecule has 0 radical (unpaired) electrons. The van der Waals surface area contributed by atoms with Crippen molar-refractivity contribution in [1.82, 2.24) is 10.2 Å². The predicted molar refractivity (Wildman–Crippen MR) is 80.6 cm³/mol. The lowest BCUT2D eigenvalue weighted by atomic mass is 10.3. The number of carbonyl (C=O) groups is 2. The summed E-state index contributed by atoms with van der Waals surface area (Å²) in [6.07, 6.45) is 3.63. The van der Waals surface area contributed by atoms with Crippen LogP contribution in [0.2, 0.25) is 0 Å². The second-order valence-electron chi connectivity index (χ2n) is 4.50. The Morgan fingerprint density at radius 3 is 2.85 bits per heavy atom. The van der Waals surface area contributed by atoms with E-state index in [4.69, 9.17) is 5.11 Å². The smallest absolute Gasteiger partial charge is 0.328 e. The van der Waals surface area contributed by atoms with Gasteiger partial charge in [-0.15, -0.1) is 11.3 Å². The van der Waals surface area contributed by atoms with Crippen LogP contribution in [0.3, 0.4) is 0 Å². The van der Waals surface area contributed by atoms with E-state index in [1.54, 1.807) is 6.08 Å². The second-order valence-corrected chi connectivity index (χ2v) is 5.70. The van der Waals surface area contributed by atoms with E-state index in [2.05, 4.69) is 5.32 Å². The molecule has 1 aromatic heterocycles. The number of aliphatic carboxylic acids is 1. The number of nitrogens with one attached hydrogen (secondary N) is 1. The fourth-order valence-corrected chi connectivity index (χ4v) is 2.61. The van der Waals surface area contributed by atoms with Gasteiger partial charge in [0.1, 0.15) is 0 Å². The third-order valence-corrected chi connectivity index (χ3v) is 3.52. The normalized spacial score (nSPS) is 11.2. The molecule has 0 bridgehead atoms. The molecule has 1 rings (SSSR count). The second kappa shape index (κ2) is 8.50. The van der Waals surface area contributed by atoms with Gasteiger partial charge in [0.25, 0.3) is 0 Å². The maximum absolute atomic E-state index is 11.6. The van der Waals surface area contributed by atoms with E-state index in [-0.39, 0.29) is 5.91 Å². The number of rotatable bonds is 8. The van der Waals surface area contributed by atoms with Crippen molar-refractivity contribution in [1.29, 1.82) is 0 Å². The molecule has 110 valence electrons. The molecule has 0 aromatic carbocycles. The predicted octanol–water partition coefficient (Wildman–Crippen LogP) is 1.80. The van der Waals surface area contributed by atoms with Crippen LogP contribution in [0.15, 0.2) is 18.2 Å². The average molecular weight is 296 g/mol. The highest BCUT2D eigenvalue weighted by Crippen LogP contribution is 2.19. The van der Waals surface area contributed by atoms with Gasteiger partial charge in [-0.1, -0.05) is 6.92 Å². The number of carboxylic acids is 1. The van der Waals surface area contributed by atoms with E-state index in [9.17, 15) is 9.59 Å². The molecule has 0 aliphatic rings. The minimum Gasteiger partial charge on any atom is -0.478 e. The zero-order valence-electron chi connectivity index (χ0n) is 11.8. The maximum Gasteiger partial charge on any atom is 0.328 e. The molecule has 1 heterocycles. The summed E-state index contributed by atoms with van der Waals surface area (Å²) in [5.41, 5.74) is 0. The van der Waals surface area contributed by atoms with Crippen molar-refractivity contribution in [2.24, 2.45) is 0 Å². The minimum atomic E-state index is -0.954. The number of thiophene rings is 1. The summed E-state index contributed by atoms with van der Waals surface area (Å²) >= 11 is 1.52. The highest BCUT2D eigenvalue weighted by atomic mass is 32.1. The third kappa shape index (κ3) is 6.49. The Kier molecular flexibility index (Phi) is 6.97. The van der Waals surface area contributed by atoms with Crippen LogP contribution in [-0.2, 0) is 16.1 Å². The van der Waals surface area contributed by atoms with Crippen molar-refractivity contribution < 1.29 is 14.7 Å². The van der Waals surface area contributed by atoms with Crippen LogP contribution in [0, 0.1) is 0 Å². The zero-order chi connectivity index (χ0) is 15.0. The van der Waals surface area contributed by atoms with Gasteiger partial charge in [0.05, 0.1) is 6.54 Å². The van der Waals surface area contributed by atoms with Crippen molar-refractivity contribution >= 4 is 29.3 Å². The molecule has 0 aliphatic heterocycles. The molecule has 0 spiro atoms. The minimum absolute atomic E-state index is 0.0249. The summed E-state index contributed by atoms with van der Waals surface area (Å²) in [4.78, 5) is 25.9. The molecular weight excluding hydrogens is 276 g/mol. The van der Waals surface area contributed by atoms with E-state index >= 15 is 0 Å². The molecule has 0 aliphatic carbocycles. The quantitative estimate of drug-likeness (QED) is 0.718. The summed E-state index contributed by atoms with van der Waals surface area (Å²) in [7, 11) is 1.89. The SMILES string of the molecule is CCCNC(=O)CN(C)Cc1ccc(C=CC(=O)O)s1. The van der Waals surface area contributed by atoms with Crippen molar-refractivity contribution in [3.8, 4) is 0 Å². The average Bonchev–Trinajstić information content (AvgIpc) is 2.81. The summed E-state index contributed by atoms with van der Waals surface area (Å²) in [6.45, 7) is 3.75. The van der Waals surface area contributed by atoms with E-state index in [1.807, 2.05) is 31.0 Å². The first-order valence-corrected chi connectivity index (χ1v) is 7.28. The van der Waals surface area contributed by atoms with Gasteiger partial charge in [0, 0.05) is 28.9 Å². The Labute approximate surface area is 122 Å². The third-order valence-electron chi connectivity index (χ3n) is 2.48. The van der Waals surface area contributed by atoms with Crippen molar-refractivity contribution in [3.63, 3.8) is 0 Å². The van der Waals surface area contributed by atoms with Crippen molar-refractivity contribution in [2.45, 2.75) is 19.9 Å². The topological polar surface area (TPSA) is 69.6 Å². The highest BCUT2D eigenvalue weighted by Gasteiger charge is 2.07. The van der Waals surface area contributed by atoms with E-state index in [0.717, 1.165) is 22.3 Å². The summed E-state index contributed by atoms with van der Waals surface area (Å²) < 4.78 is 0. The summed E-state index contributed by atoms with van der Waals surface area (Å²) in [5.74, 6) is -0.929. The van der Waals surface area contributed by atoms with Gasteiger partial charge in [0.2, 0.25) is 5.91 Å². The maximum atomic E-state index is 11.6. The van der Waals surface area contributed by atoms with Crippen LogP contribution in [0.4, 0.5) is 0 Å². The first-order chi connectivity index (χ1) is 9.51. The number of hydrogen-bond donors (Lipinski definition) is 2.